The van der Waals surface area contributed by atoms with Crippen LogP contribution in [0.15, 0.2) is 12.1 Å². The van der Waals surface area contributed by atoms with Crippen molar-refractivity contribution in [2.75, 3.05) is 19.6 Å². The van der Waals surface area contributed by atoms with Crippen LogP contribution in [0.4, 0.5) is 13.2 Å². The van der Waals surface area contributed by atoms with Gasteiger partial charge in [-0.1, -0.05) is 20.3 Å². The molecule has 2 N–H and O–H groups in total. The molecule has 1 fully saturated rings. The summed E-state index contributed by atoms with van der Waals surface area (Å²) in [6.07, 6.45) is 3.19. The molecule has 2 rings (SSSR count). The van der Waals surface area contributed by atoms with Gasteiger partial charge in [0.15, 0.2) is 17.5 Å². The Morgan fingerprint density at radius 2 is 1.71 bits per heavy atom. The van der Waals surface area contributed by atoms with E-state index in [1.165, 1.54) is 0 Å². The monoisotopic (exact) mass is 300 g/mol. The largest absolute Gasteiger partial charge is 0.329 e. The van der Waals surface area contributed by atoms with E-state index in [-0.39, 0.29) is 12.6 Å². The average Bonchev–Trinajstić information content (AvgIpc) is 2.47. The van der Waals surface area contributed by atoms with Crippen molar-refractivity contribution in [3.8, 4) is 0 Å². The minimum absolute atomic E-state index is 0.257. The highest BCUT2D eigenvalue weighted by atomic mass is 19.2. The Morgan fingerprint density at radius 1 is 1.19 bits per heavy atom. The van der Waals surface area contributed by atoms with Gasteiger partial charge in [-0.3, -0.25) is 4.90 Å². The molecule has 0 radical (unpaired) electrons. The van der Waals surface area contributed by atoms with Gasteiger partial charge in [0, 0.05) is 12.6 Å². The molecule has 0 spiro atoms. The summed E-state index contributed by atoms with van der Waals surface area (Å²) < 4.78 is 39.9. The molecule has 0 saturated carbocycles. The molecule has 1 aliphatic heterocycles. The van der Waals surface area contributed by atoms with E-state index in [9.17, 15) is 13.2 Å². The third kappa shape index (κ3) is 3.40. The van der Waals surface area contributed by atoms with Gasteiger partial charge in [0.2, 0.25) is 0 Å². The van der Waals surface area contributed by atoms with E-state index >= 15 is 0 Å². The van der Waals surface area contributed by atoms with Crippen LogP contribution in [0.5, 0.6) is 0 Å². The second kappa shape index (κ2) is 6.36. The zero-order valence-corrected chi connectivity index (χ0v) is 12.6. The van der Waals surface area contributed by atoms with Gasteiger partial charge in [0.25, 0.3) is 0 Å². The van der Waals surface area contributed by atoms with Gasteiger partial charge >= 0.3 is 0 Å². The van der Waals surface area contributed by atoms with E-state index in [0.717, 1.165) is 44.5 Å². The van der Waals surface area contributed by atoms with E-state index < -0.39 is 17.5 Å². The highest BCUT2D eigenvalue weighted by Gasteiger charge is 2.32. The van der Waals surface area contributed by atoms with Crippen LogP contribution >= 0.6 is 0 Å². The Kier molecular flexibility index (Phi) is 4.94. The van der Waals surface area contributed by atoms with Crippen molar-refractivity contribution < 1.29 is 13.2 Å². The van der Waals surface area contributed by atoms with Crippen LogP contribution in [-0.2, 0) is 0 Å². The zero-order chi connectivity index (χ0) is 15.6. The molecule has 0 aliphatic carbocycles. The van der Waals surface area contributed by atoms with Crippen LogP contribution < -0.4 is 5.73 Å². The van der Waals surface area contributed by atoms with Crippen LogP contribution in [-0.4, -0.2) is 24.5 Å². The molecule has 5 heteroatoms. The molecular weight excluding hydrogens is 277 g/mol. The minimum Gasteiger partial charge on any atom is -0.329 e. The fraction of sp³-hybridized carbons (Fsp3) is 0.625. The van der Waals surface area contributed by atoms with Crippen LogP contribution in [0.3, 0.4) is 0 Å². The lowest BCUT2D eigenvalue weighted by Crippen LogP contribution is -2.42. The van der Waals surface area contributed by atoms with Crippen molar-refractivity contribution in [3.63, 3.8) is 0 Å². The second-order valence-corrected chi connectivity index (χ2v) is 6.25. The molecule has 21 heavy (non-hydrogen) atoms. The van der Waals surface area contributed by atoms with E-state index in [2.05, 4.69) is 18.7 Å². The predicted molar refractivity (Wildman–Crippen MR) is 77.3 cm³/mol. The quantitative estimate of drug-likeness (QED) is 0.861. The van der Waals surface area contributed by atoms with Crippen molar-refractivity contribution in [2.45, 2.75) is 39.2 Å². The summed E-state index contributed by atoms with van der Waals surface area (Å²) in [5, 5.41) is 0. The second-order valence-electron chi connectivity index (χ2n) is 6.25. The van der Waals surface area contributed by atoms with E-state index in [1.54, 1.807) is 0 Å². The van der Waals surface area contributed by atoms with E-state index in [0.29, 0.717) is 11.0 Å². The predicted octanol–water partition coefficient (Wildman–Crippen LogP) is 3.62. The first-order valence-corrected chi connectivity index (χ1v) is 7.49. The number of nitrogens with zero attached hydrogens (tertiary/aromatic N) is 1. The summed E-state index contributed by atoms with van der Waals surface area (Å²) >= 11 is 0. The number of likely N-dealkylation sites (tertiary alicyclic amines) is 1. The van der Waals surface area contributed by atoms with Gasteiger partial charge in [-0.2, -0.15) is 0 Å². The van der Waals surface area contributed by atoms with Crippen LogP contribution in [0.2, 0.25) is 0 Å². The van der Waals surface area contributed by atoms with Crippen LogP contribution in [0.1, 0.15) is 44.7 Å². The molecule has 1 atom stereocenters. The first-order valence-electron chi connectivity index (χ1n) is 7.49. The maximum atomic E-state index is 13.4. The molecule has 2 nitrogen and oxygen atoms in total. The van der Waals surface area contributed by atoms with Gasteiger partial charge in [-0.25, -0.2) is 13.2 Å². The van der Waals surface area contributed by atoms with E-state index in [4.69, 9.17) is 5.73 Å². The first kappa shape index (κ1) is 16.3. The van der Waals surface area contributed by atoms with Gasteiger partial charge in [-0.15, -0.1) is 0 Å². The molecule has 0 aromatic heterocycles. The fourth-order valence-electron chi connectivity index (χ4n) is 2.99. The molecule has 1 aliphatic rings. The molecule has 1 unspecified atom stereocenters. The third-order valence-corrected chi connectivity index (χ3v) is 4.91. The van der Waals surface area contributed by atoms with Crippen molar-refractivity contribution in [3.05, 3.63) is 35.1 Å². The summed E-state index contributed by atoms with van der Waals surface area (Å²) in [4.78, 5) is 2.14. The number of rotatable bonds is 4. The lowest BCUT2D eigenvalue weighted by atomic mass is 9.78. The molecule has 0 bridgehead atoms. The minimum atomic E-state index is -1.42. The summed E-state index contributed by atoms with van der Waals surface area (Å²) in [6, 6.07) is 1.85. The third-order valence-electron chi connectivity index (χ3n) is 4.91. The number of halogens is 3. The average molecular weight is 300 g/mol. The van der Waals surface area contributed by atoms with Crippen molar-refractivity contribution in [2.24, 2.45) is 11.1 Å². The highest BCUT2D eigenvalue weighted by molar-refractivity contribution is 5.23. The molecule has 0 amide bonds. The van der Waals surface area contributed by atoms with Gasteiger partial charge in [0.1, 0.15) is 0 Å². The van der Waals surface area contributed by atoms with Crippen LogP contribution in [0, 0.1) is 22.9 Å². The lowest BCUT2D eigenvalue weighted by molar-refractivity contribution is 0.0826. The summed E-state index contributed by atoms with van der Waals surface area (Å²) in [6.45, 7) is 6.38. The standard InChI is InChI=1S/C16H23F3N2/c1-3-16(2)4-6-21(7-5-16)14(10-20)11-8-12(17)15(19)13(18)9-11/h8-9,14H,3-7,10,20H2,1-2H3. The lowest BCUT2D eigenvalue weighted by Gasteiger charge is -2.42. The Balaban J connectivity index is 2.18. The Morgan fingerprint density at radius 3 is 2.14 bits per heavy atom. The SMILES string of the molecule is CCC1(C)CCN(C(CN)c2cc(F)c(F)c(F)c2)CC1. The molecular formula is C16H23F3N2. The number of hydrogen-bond acceptors (Lipinski definition) is 2. The smallest absolute Gasteiger partial charge is 0.194 e. The van der Waals surface area contributed by atoms with Gasteiger partial charge < -0.3 is 5.73 Å². The van der Waals surface area contributed by atoms with Gasteiger partial charge in [0.05, 0.1) is 0 Å². The fourth-order valence-corrected chi connectivity index (χ4v) is 2.99. The Bertz CT molecular complexity index is 473. The number of benzene rings is 1. The Labute approximate surface area is 124 Å². The molecule has 1 heterocycles. The summed E-state index contributed by atoms with van der Waals surface area (Å²) in [5.74, 6) is -3.73. The zero-order valence-electron chi connectivity index (χ0n) is 12.6. The topological polar surface area (TPSA) is 29.3 Å². The molecule has 1 aromatic rings. The summed E-state index contributed by atoms with van der Waals surface area (Å²) in [5.41, 5.74) is 6.53. The summed E-state index contributed by atoms with van der Waals surface area (Å²) in [7, 11) is 0. The van der Waals surface area contributed by atoms with Crippen molar-refractivity contribution in [1.82, 2.24) is 4.90 Å². The number of piperidine rings is 1. The molecule has 1 aromatic carbocycles. The Hall–Kier alpha value is -1.07. The number of hydrogen-bond donors (Lipinski definition) is 1. The van der Waals surface area contributed by atoms with Crippen molar-refractivity contribution in [1.29, 1.82) is 0 Å². The number of nitrogens with two attached hydrogens (primary N) is 1. The highest BCUT2D eigenvalue weighted by Crippen LogP contribution is 2.37. The van der Waals surface area contributed by atoms with Crippen molar-refractivity contribution >= 4 is 0 Å². The first-order chi connectivity index (χ1) is 9.90. The maximum absolute atomic E-state index is 13.4. The molecule has 118 valence electrons. The van der Waals surface area contributed by atoms with Crippen LogP contribution in [0.25, 0.3) is 0 Å². The normalized spacial score (nSPS) is 20.5. The molecule has 1 saturated heterocycles. The maximum Gasteiger partial charge on any atom is 0.194 e. The van der Waals surface area contributed by atoms with E-state index in [1.807, 2.05) is 0 Å². The van der Waals surface area contributed by atoms with Gasteiger partial charge in [-0.05, 0) is 49.0 Å².